The molecule has 196 valence electrons. The van der Waals surface area contributed by atoms with Gasteiger partial charge in [0.05, 0.1) is 27.0 Å². The highest BCUT2D eigenvalue weighted by molar-refractivity contribution is 7.19. The Morgan fingerprint density at radius 2 is 1.97 bits per heavy atom. The molecule has 2 aliphatic heterocycles. The number of esters is 1. The van der Waals surface area contributed by atoms with E-state index in [0.717, 1.165) is 9.60 Å². The molecule has 0 saturated carbocycles. The molecule has 0 bridgehead atoms. The lowest BCUT2D eigenvalue weighted by Gasteiger charge is -2.27. The van der Waals surface area contributed by atoms with E-state index in [2.05, 4.69) is 15.6 Å². The van der Waals surface area contributed by atoms with Gasteiger partial charge in [-0.05, 0) is 37.1 Å². The van der Waals surface area contributed by atoms with Crippen LogP contribution in [0.1, 0.15) is 57.8 Å². The first-order valence-electron chi connectivity index (χ1n) is 11.9. The summed E-state index contributed by atoms with van der Waals surface area (Å²) < 4.78 is 6.09. The number of carbonyl (C=O) groups is 6. The van der Waals surface area contributed by atoms with Crippen LogP contribution in [-0.2, 0) is 19.2 Å². The molecule has 3 aromatic rings. The van der Waals surface area contributed by atoms with Crippen molar-refractivity contribution in [3.05, 3.63) is 52.5 Å². The number of thiazole rings is 1. The van der Waals surface area contributed by atoms with Crippen molar-refractivity contribution in [3.8, 4) is 11.8 Å². The predicted octanol–water partition coefficient (Wildman–Crippen LogP) is 2.28. The van der Waals surface area contributed by atoms with Crippen molar-refractivity contribution in [2.24, 2.45) is 0 Å². The number of rotatable bonds is 7. The maximum atomic E-state index is 13.1. The number of nitrogens with zero attached hydrogens (tertiary/aromatic N) is 3. The van der Waals surface area contributed by atoms with Crippen molar-refractivity contribution in [1.82, 2.24) is 15.2 Å². The highest BCUT2D eigenvalue weighted by atomic mass is 32.1. The summed E-state index contributed by atoms with van der Waals surface area (Å²) in [5.74, 6) is -3.37. The number of aromatic nitrogens is 1. The van der Waals surface area contributed by atoms with E-state index >= 15 is 0 Å². The molecule has 0 aliphatic carbocycles. The molecule has 5 amide bonds. The van der Waals surface area contributed by atoms with Gasteiger partial charge in [-0.25, -0.2) is 4.98 Å². The number of ether oxygens (including phenoxy) is 1. The fourth-order valence-electron chi connectivity index (χ4n) is 4.43. The Labute approximate surface area is 224 Å². The molecule has 1 saturated heterocycles. The molecule has 5 rings (SSSR count). The fraction of sp³-hybridized carbons (Fsp3) is 0.231. The Balaban J connectivity index is 1.17. The molecule has 1 atom stereocenters. The smallest absolute Gasteiger partial charge is 0.311 e. The fourth-order valence-corrected chi connectivity index (χ4v) is 5.17. The van der Waals surface area contributed by atoms with Crippen LogP contribution in [0.15, 0.2) is 36.4 Å². The van der Waals surface area contributed by atoms with Crippen LogP contribution in [0.2, 0.25) is 0 Å². The minimum absolute atomic E-state index is 0.00254. The Morgan fingerprint density at radius 3 is 2.74 bits per heavy atom. The summed E-state index contributed by atoms with van der Waals surface area (Å²) in [4.78, 5) is 79.5. The Morgan fingerprint density at radius 1 is 1.15 bits per heavy atom. The van der Waals surface area contributed by atoms with Crippen LogP contribution in [0.3, 0.4) is 0 Å². The van der Waals surface area contributed by atoms with Gasteiger partial charge in [0.1, 0.15) is 17.9 Å². The van der Waals surface area contributed by atoms with Crippen LogP contribution in [-0.4, -0.2) is 51.4 Å². The molecule has 2 aromatic carbocycles. The summed E-state index contributed by atoms with van der Waals surface area (Å²) in [7, 11) is 0. The summed E-state index contributed by atoms with van der Waals surface area (Å²) >= 11 is 1.23. The molecule has 1 fully saturated rings. The van der Waals surface area contributed by atoms with Gasteiger partial charge in [0, 0.05) is 25.3 Å². The molecular weight excluding hydrogens is 526 g/mol. The second-order valence-electron chi connectivity index (χ2n) is 8.81. The van der Waals surface area contributed by atoms with E-state index in [1.807, 2.05) is 6.07 Å². The first-order chi connectivity index (χ1) is 18.7. The van der Waals surface area contributed by atoms with Gasteiger partial charge in [-0.3, -0.25) is 39.0 Å². The highest BCUT2D eigenvalue weighted by Gasteiger charge is 2.45. The molecule has 0 spiro atoms. The van der Waals surface area contributed by atoms with Crippen molar-refractivity contribution in [2.45, 2.75) is 38.1 Å². The zero-order chi connectivity index (χ0) is 27.7. The Bertz CT molecular complexity index is 1620. The lowest BCUT2D eigenvalue weighted by molar-refractivity contribution is -0.137. The van der Waals surface area contributed by atoms with Crippen molar-refractivity contribution in [2.75, 3.05) is 5.32 Å². The first-order valence-corrected chi connectivity index (χ1v) is 12.7. The normalized spacial score (nSPS) is 16.6. The molecule has 0 radical (unpaired) electrons. The number of nitrogens with one attached hydrogen (secondary N) is 2. The minimum Gasteiger partial charge on any atom is -0.426 e. The largest absolute Gasteiger partial charge is 0.426 e. The molecule has 1 aromatic heterocycles. The van der Waals surface area contributed by atoms with E-state index in [0.29, 0.717) is 10.5 Å². The van der Waals surface area contributed by atoms with Crippen LogP contribution in [0, 0.1) is 11.3 Å². The third kappa shape index (κ3) is 5.10. The van der Waals surface area contributed by atoms with Crippen LogP contribution in [0.25, 0.3) is 10.2 Å². The minimum atomic E-state index is -1.12. The van der Waals surface area contributed by atoms with Gasteiger partial charge >= 0.3 is 5.97 Å². The first kappa shape index (κ1) is 25.7. The number of carbonyl (C=O) groups excluding carboxylic acids is 6. The van der Waals surface area contributed by atoms with E-state index < -0.39 is 41.5 Å². The number of hydrogen-bond donors (Lipinski definition) is 2. The van der Waals surface area contributed by atoms with Gasteiger partial charge in [0.15, 0.2) is 5.01 Å². The summed E-state index contributed by atoms with van der Waals surface area (Å²) in [5, 5.41) is 14.0. The van der Waals surface area contributed by atoms with E-state index in [-0.39, 0.29) is 54.7 Å². The second-order valence-corrected chi connectivity index (χ2v) is 9.84. The van der Waals surface area contributed by atoms with Crippen molar-refractivity contribution < 1.29 is 33.5 Å². The number of hydrogen-bond acceptors (Lipinski definition) is 10. The van der Waals surface area contributed by atoms with Crippen molar-refractivity contribution >= 4 is 62.7 Å². The maximum Gasteiger partial charge on any atom is 0.311 e. The van der Waals surface area contributed by atoms with E-state index in [4.69, 9.17) is 10.00 Å². The topological polar surface area (TPSA) is 176 Å². The molecule has 12 nitrogen and oxygen atoms in total. The SMILES string of the molecule is N#Cc1nc2cc(OC(=O)CCCC(=O)Nc3cccc4c3C(=O)N(C3CCC(=O)NC3=O)C4=O)ccc2s1. The lowest BCUT2D eigenvalue weighted by Crippen LogP contribution is -2.54. The number of amides is 5. The number of benzene rings is 2. The standard InChI is InChI=1S/C26H19N5O7S/c27-12-21-29-16-11-13(7-9-18(16)39-21)38-22(34)6-2-5-19(32)28-15-4-1-3-14-23(15)26(37)31(25(14)36)17-8-10-20(33)30-24(17)35/h1,3-4,7,9,11,17H,2,5-6,8,10H2,(H,28,32)(H,30,33,35). The number of fused-ring (bicyclic) bond motifs is 2. The van der Waals surface area contributed by atoms with Crippen LogP contribution in [0.4, 0.5) is 5.69 Å². The second kappa shape index (κ2) is 10.4. The van der Waals surface area contributed by atoms with E-state index in [1.54, 1.807) is 18.2 Å². The summed E-state index contributed by atoms with van der Waals surface area (Å²) in [5.41, 5.74) is 0.671. The molecule has 13 heteroatoms. The summed E-state index contributed by atoms with van der Waals surface area (Å²) in [6.45, 7) is 0. The lowest BCUT2D eigenvalue weighted by atomic mass is 10.0. The number of nitriles is 1. The molecule has 1 unspecified atom stereocenters. The highest BCUT2D eigenvalue weighted by Crippen LogP contribution is 2.32. The average Bonchev–Trinajstić information content (AvgIpc) is 3.42. The Hall–Kier alpha value is -4.96. The third-order valence-electron chi connectivity index (χ3n) is 6.21. The average molecular weight is 546 g/mol. The molecule has 2 N–H and O–H groups in total. The maximum absolute atomic E-state index is 13.1. The quantitative estimate of drug-likeness (QED) is 0.256. The molecule has 2 aliphatic rings. The monoisotopic (exact) mass is 545 g/mol. The van der Waals surface area contributed by atoms with Gasteiger partial charge in [0.2, 0.25) is 17.7 Å². The van der Waals surface area contributed by atoms with Gasteiger partial charge in [-0.1, -0.05) is 6.07 Å². The van der Waals surface area contributed by atoms with Crippen LogP contribution in [0.5, 0.6) is 5.75 Å². The summed E-state index contributed by atoms with van der Waals surface area (Å²) in [6.07, 6.45) is 0.0599. The molecular formula is C26H19N5O7S. The molecule has 3 heterocycles. The van der Waals surface area contributed by atoms with Crippen LogP contribution < -0.4 is 15.4 Å². The van der Waals surface area contributed by atoms with E-state index in [9.17, 15) is 28.8 Å². The number of piperidine rings is 1. The van der Waals surface area contributed by atoms with Gasteiger partial charge < -0.3 is 10.1 Å². The van der Waals surface area contributed by atoms with E-state index in [1.165, 1.54) is 29.5 Å². The zero-order valence-corrected chi connectivity index (χ0v) is 21.0. The number of anilines is 1. The summed E-state index contributed by atoms with van der Waals surface area (Å²) in [6, 6.07) is 10.1. The Kier molecular flexibility index (Phi) is 6.86. The zero-order valence-electron chi connectivity index (χ0n) is 20.2. The van der Waals surface area contributed by atoms with Gasteiger partial charge in [-0.2, -0.15) is 5.26 Å². The predicted molar refractivity (Wildman–Crippen MR) is 136 cm³/mol. The number of imide groups is 2. The third-order valence-corrected chi connectivity index (χ3v) is 7.15. The molecule has 39 heavy (non-hydrogen) atoms. The van der Waals surface area contributed by atoms with Gasteiger partial charge in [-0.15, -0.1) is 11.3 Å². The van der Waals surface area contributed by atoms with Crippen molar-refractivity contribution in [3.63, 3.8) is 0 Å². The van der Waals surface area contributed by atoms with Gasteiger partial charge in [0.25, 0.3) is 11.8 Å². The van der Waals surface area contributed by atoms with Crippen molar-refractivity contribution in [1.29, 1.82) is 5.26 Å². The van der Waals surface area contributed by atoms with Crippen LogP contribution >= 0.6 is 11.3 Å².